The van der Waals surface area contributed by atoms with Gasteiger partial charge in [-0.3, -0.25) is 0 Å². The van der Waals surface area contributed by atoms with Crippen LogP contribution in [0.5, 0.6) is 0 Å². The van der Waals surface area contributed by atoms with Gasteiger partial charge in [-0.2, -0.15) is 5.26 Å². The van der Waals surface area contributed by atoms with Crippen molar-refractivity contribution in [2.75, 3.05) is 0 Å². The molecule has 0 saturated heterocycles. The Labute approximate surface area is 210 Å². The fraction of sp³-hybridized carbons (Fsp3) is 0.156. The Hall–Kier alpha value is -3.71. The summed E-state index contributed by atoms with van der Waals surface area (Å²) in [6, 6.07) is 41.9. The highest BCUT2D eigenvalue weighted by atomic mass is 28.3. The van der Waals surface area contributed by atoms with E-state index in [1.807, 2.05) is 42.5 Å². The minimum atomic E-state index is -2.09. The summed E-state index contributed by atoms with van der Waals surface area (Å²) < 4.78 is 6.51. The van der Waals surface area contributed by atoms with Crippen molar-refractivity contribution < 1.29 is 4.74 Å². The molecule has 4 rings (SSSR count). The van der Waals surface area contributed by atoms with Crippen LogP contribution in [0.1, 0.15) is 29.7 Å². The van der Waals surface area contributed by atoms with Crippen molar-refractivity contribution in [3.05, 3.63) is 144 Å². The number of ether oxygens (including phenoxy) is 1. The van der Waals surface area contributed by atoms with Crippen LogP contribution in [0.15, 0.2) is 127 Å². The van der Waals surface area contributed by atoms with Crippen LogP contribution in [0.2, 0.25) is 6.55 Å². The van der Waals surface area contributed by atoms with E-state index in [2.05, 4.69) is 104 Å². The van der Waals surface area contributed by atoms with E-state index < -0.39 is 8.07 Å². The Balaban J connectivity index is 1.65. The Kier molecular flexibility index (Phi) is 8.10. The lowest BCUT2D eigenvalue weighted by Crippen LogP contribution is -2.54. The maximum absolute atomic E-state index is 9.23. The number of nitriles is 1. The smallest absolute Gasteiger partial charge is 0.137 e. The van der Waals surface area contributed by atoms with Crippen molar-refractivity contribution in [1.82, 2.24) is 0 Å². The molecule has 4 aromatic rings. The highest BCUT2D eigenvalue weighted by Gasteiger charge is 2.29. The SMILES string of the molecule is C[C@H](/C=C/[Si](C)(c1ccccc1)c1ccccc1)[C@H](OCc1ccccc1)c1ccc(C#N)cc1. The zero-order chi connectivity index (χ0) is 24.5. The quantitative estimate of drug-likeness (QED) is 0.262. The fourth-order valence-electron chi connectivity index (χ4n) is 4.43. The molecule has 0 N–H and O–H groups in total. The first-order valence-electron chi connectivity index (χ1n) is 12.1. The molecule has 0 radical (unpaired) electrons. The van der Waals surface area contributed by atoms with Gasteiger partial charge in [-0.25, -0.2) is 0 Å². The average molecular weight is 474 g/mol. The first-order valence-corrected chi connectivity index (χ1v) is 14.6. The summed E-state index contributed by atoms with van der Waals surface area (Å²) in [6.07, 6.45) is 2.21. The van der Waals surface area contributed by atoms with Crippen LogP contribution in [0.25, 0.3) is 0 Å². The zero-order valence-electron chi connectivity index (χ0n) is 20.3. The third-order valence-corrected chi connectivity index (χ3v) is 10.5. The minimum absolute atomic E-state index is 0.121. The molecule has 2 atom stereocenters. The van der Waals surface area contributed by atoms with Gasteiger partial charge in [0.15, 0.2) is 0 Å². The number of nitrogens with zero attached hydrogens (tertiary/aromatic N) is 1. The predicted octanol–water partition coefficient (Wildman–Crippen LogP) is 6.44. The number of hydrogen-bond donors (Lipinski definition) is 0. The van der Waals surface area contributed by atoms with Gasteiger partial charge in [-0.15, -0.1) is 0 Å². The monoisotopic (exact) mass is 473 g/mol. The van der Waals surface area contributed by atoms with Gasteiger partial charge in [0.1, 0.15) is 8.07 Å². The molecule has 0 saturated carbocycles. The van der Waals surface area contributed by atoms with Gasteiger partial charge in [-0.1, -0.05) is 139 Å². The third kappa shape index (κ3) is 6.05. The normalized spacial score (nSPS) is 13.3. The molecule has 0 aliphatic carbocycles. The molecule has 2 nitrogen and oxygen atoms in total. The number of hydrogen-bond acceptors (Lipinski definition) is 2. The van der Waals surface area contributed by atoms with E-state index in [-0.39, 0.29) is 12.0 Å². The van der Waals surface area contributed by atoms with Crippen LogP contribution in [0.3, 0.4) is 0 Å². The highest BCUT2D eigenvalue weighted by Crippen LogP contribution is 2.29. The van der Waals surface area contributed by atoms with Crippen molar-refractivity contribution in [2.45, 2.75) is 26.2 Å². The third-order valence-electron chi connectivity index (χ3n) is 6.60. The van der Waals surface area contributed by atoms with E-state index in [1.54, 1.807) is 0 Å². The van der Waals surface area contributed by atoms with Crippen molar-refractivity contribution in [1.29, 1.82) is 5.26 Å². The maximum atomic E-state index is 9.23. The molecule has 0 aliphatic rings. The molecule has 0 aromatic heterocycles. The first-order chi connectivity index (χ1) is 17.1. The standard InChI is InChI=1S/C32H31NOSi/c1-26(22-23-35(2,30-14-8-4-9-15-30)31-16-10-5-11-17-31)32(29-20-18-27(24-33)19-21-29)34-25-28-12-6-3-7-13-28/h3-23,26,32H,25H2,1-2H3/b23-22+/t26-,32+/m1/s1. The predicted molar refractivity (Wildman–Crippen MR) is 147 cm³/mol. The zero-order valence-corrected chi connectivity index (χ0v) is 21.3. The van der Waals surface area contributed by atoms with Crippen LogP contribution in [0, 0.1) is 17.2 Å². The van der Waals surface area contributed by atoms with Gasteiger partial charge in [0.2, 0.25) is 0 Å². The van der Waals surface area contributed by atoms with Crippen LogP contribution >= 0.6 is 0 Å². The molecule has 0 bridgehead atoms. The molecular formula is C32H31NOSi. The average Bonchev–Trinajstić information content (AvgIpc) is 2.93. The summed E-state index contributed by atoms with van der Waals surface area (Å²) in [7, 11) is -2.09. The van der Waals surface area contributed by atoms with Gasteiger partial charge in [0, 0.05) is 5.92 Å². The Bertz CT molecular complexity index is 1220. The highest BCUT2D eigenvalue weighted by molar-refractivity contribution is 7.05. The maximum Gasteiger partial charge on any atom is 0.137 e. The molecule has 0 heterocycles. The van der Waals surface area contributed by atoms with Crippen molar-refractivity contribution >= 4 is 18.4 Å². The van der Waals surface area contributed by atoms with Gasteiger partial charge in [-0.05, 0) is 23.3 Å². The molecular weight excluding hydrogens is 442 g/mol. The van der Waals surface area contributed by atoms with Crippen LogP contribution in [0.4, 0.5) is 0 Å². The summed E-state index contributed by atoms with van der Waals surface area (Å²) in [5, 5.41) is 12.0. The van der Waals surface area contributed by atoms with E-state index in [4.69, 9.17) is 4.74 Å². The molecule has 174 valence electrons. The van der Waals surface area contributed by atoms with Gasteiger partial charge in [0.05, 0.1) is 24.3 Å². The lowest BCUT2D eigenvalue weighted by Gasteiger charge is -2.27. The summed E-state index contributed by atoms with van der Waals surface area (Å²) in [6.45, 7) is 5.16. The van der Waals surface area contributed by atoms with Crippen molar-refractivity contribution in [2.24, 2.45) is 5.92 Å². The summed E-state index contributed by atoms with van der Waals surface area (Å²) in [5.41, 5.74) is 5.34. The fourth-order valence-corrected chi connectivity index (χ4v) is 7.61. The Morgan fingerprint density at radius 2 is 1.29 bits per heavy atom. The van der Waals surface area contributed by atoms with E-state index in [1.165, 1.54) is 10.4 Å². The van der Waals surface area contributed by atoms with Crippen molar-refractivity contribution in [3.8, 4) is 6.07 Å². The van der Waals surface area contributed by atoms with Gasteiger partial charge < -0.3 is 4.74 Å². The largest absolute Gasteiger partial charge is 0.368 e. The van der Waals surface area contributed by atoms with Crippen LogP contribution in [-0.4, -0.2) is 8.07 Å². The van der Waals surface area contributed by atoms with Crippen LogP contribution < -0.4 is 10.4 Å². The molecule has 4 aromatic carbocycles. The second-order valence-electron chi connectivity index (χ2n) is 9.10. The lowest BCUT2D eigenvalue weighted by atomic mass is 9.96. The Morgan fingerprint density at radius 3 is 1.80 bits per heavy atom. The van der Waals surface area contributed by atoms with E-state index >= 15 is 0 Å². The van der Waals surface area contributed by atoms with E-state index in [0.717, 1.165) is 11.1 Å². The topological polar surface area (TPSA) is 33.0 Å². The second kappa shape index (κ2) is 11.6. The molecule has 0 fully saturated rings. The molecule has 0 unspecified atom stereocenters. The molecule has 35 heavy (non-hydrogen) atoms. The van der Waals surface area contributed by atoms with E-state index in [0.29, 0.717) is 12.2 Å². The van der Waals surface area contributed by atoms with Gasteiger partial charge >= 0.3 is 0 Å². The summed E-state index contributed by atoms with van der Waals surface area (Å²) >= 11 is 0. The molecule has 3 heteroatoms. The molecule has 0 aliphatic heterocycles. The van der Waals surface area contributed by atoms with Crippen LogP contribution in [-0.2, 0) is 11.3 Å². The second-order valence-corrected chi connectivity index (χ2v) is 13.0. The lowest BCUT2D eigenvalue weighted by molar-refractivity contribution is 0.0165. The molecule has 0 amide bonds. The molecule has 0 spiro atoms. The van der Waals surface area contributed by atoms with E-state index in [9.17, 15) is 5.26 Å². The number of rotatable bonds is 9. The summed E-state index contributed by atoms with van der Waals surface area (Å²) in [4.78, 5) is 0. The number of benzene rings is 4. The minimum Gasteiger partial charge on any atom is -0.368 e. The Morgan fingerprint density at radius 1 is 0.771 bits per heavy atom. The summed E-state index contributed by atoms with van der Waals surface area (Å²) in [5.74, 6) is 0.144. The first kappa shape index (κ1) is 24.4. The van der Waals surface area contributed by atoms with Gasteiger partial charge in [0.25, 0.3) is 0 Å². The van der Waals surface area contributed by atoms with Crippen molar-refractivity contribution in [3.63, 3.8) is 0 Å².